The number of carbonyl (C=O) groups is 1. The molecule has 0 saturated carbocycles. The summed E-state index contributed by atoms with van der Waals surface area (Å²) < 4.78 is 0. The van der Waals surface area contributed by atoms with Gasteiger partial charge in [0, 0.05) is 47.2 Å². The number of aromatic nitrogens is 2. The molecule has 1 N–H and O–H groups in total. The van der Waals surface area contributed by atoms with Crippen LogP contribution in [0, 0.1) is 0 Å². The standard InChI is InChI=1S/C23H20ClN3OS/c1-27(2)21-10-6-9-18(24)17(21)14-29-23-25-19-12-11-16(13-20(19)26-23)22(28)15-7-4-3-5-8-15/h3-13H,14H2,1-2H3,(H,25,26). The Bertz CT molecular complexity index is 1170. The molecule has 0 atom stereocenters. The van der Waals surface area contributed by atoms with Gasteiger partial charge in [0.15, 0.2) is 10.9 Å². The summed E-state index contributed by atoms with van der Waals surface area (Å²) in [6.07, 6.45) is 0. The number of ketones is 1. The molecule has 0 aliphatic rings. The van der Waals surface area contributed by atoms with E-state index in [2.05, 4.69) is 20.9 Å². The number of halogens is 1. The topological polar surface area (TPSA) is 49.0 Å². The van der Waals surface area contributed by atoms with E-state index in [1.165, 1.54) is 0 Å². The van der Waals surface area contributed by atoms with Crippen LogP contribution in [-0.2, 0) is 5.75 Å². The van der Waals surface area contributed by atoms with Gasteiger partial charge in [-0.2, -0.15) is 0 Å². The van der Waals surface area contributed by atoms with Crippen molar-refractivity contribution in [2.24, 2.45) is 0 Å². The first-order valence-electron chi connectivity index (χ1n) is 9.20. The van der Waals surface area contributed by atoms with Crippen LogP contribution in [0.2, 0.25) is 5.02 Å². The van der Waals surface area contributed by atoms with Crippen LogP contribution < -0.4 is 4.90 Å². The Kier molecular flexibility index (Phi) is 5.60. The van der Waals surface area contributed by atoms with Gasteiger partial charge in [0.05, 0.1) is 11.0 Å². The molecule has 1 heterocycles. The molecule has 4 nitrogen and oxygen atoms in total. The van der Waals surface area contributed by atoms with E-state index in [0.29, 0.717) is 16.9 Å². The Balaban J connectivity index is 1.57. The maximum Gasteiger partial charge on any atom is 0.193 e. The number of rotatable bonds is 6. The molecule has 6 heteroatoms. The van der Waals surface area contributed by atoms with Gasteiger partial charge in [-0.25, -0.2) is 4.98 Å². The highest BCUT2D eigenvalue weighted by molar-refractivity contribution is 7.98. The second kappa shape index (κ2) is 8.31. The van der Waals surface area contributed by atoms with Gasteiger partial charge < -0.3 is 9.88 Å². The molecule has 0 bridgehead atoms. The van der Waals surface area contributed by atoms with Gasteiger partial charge in [-0.15, -0.1) is 0 Å². The maximum absolute atomic E-state index is 12.7. The molecule has 0 fully saturated rings. The Labute approximate surface area is 178 Å². The molecule has 29 heavy (non-hydrogen) atoms. The van der Waals surface area contributed by atoms with Crippen LogP contribution in [0.4, 0.5) is 5.69 Å². The van der Waals surface area contributed by atoms with Gasteiger partial charge >= 0.3 is 0 Å². The zero-order chi connectivity index (χ0) is 20.4. The number of fused-ring (bicyclic) bond motifs is 1. The van der Waals surface area contributed by atoms with Crippen LogP contribution in [0.15, 0.2) is 71.9 Å². The normalized spacial score (nSPS) is 11.0. The fourth-order valence-electron chi connectivity index (χ4n) is 3.20. The number of hydrogen-bond donors (Lipinski definition) is 1. The van der Waals surface area contributed by atoms with Crippen molar-refractivity contribution < 1.29 is 4.79 Å². The minimum Gasteiger partial charge on any atom is -0.377 e. The highest BCUT2D eigenvalue weighted by Crippen LogP contribution is 2.32. The fourth-order valence-corrected chi connectivity index (χ4v) is 4.45. The number of nitrogens with one attached hydrogen (secondary N) is 1. The van der Waals surface area contributed by atoms with Gasteiger partial charge in [-0.3, -0.25) is 4.79 Å². The number of H-pyrrole nitrogens is 1. The van der Waals surface area contributed by atoms with Crippen molar-refractivity contribution >= 4 is 45.9 Å². The molecule has 146 valence electrons. The molecule has 4 aromatic rings. The molecule has 0 unspecified atom stereocenters. The average molecular weight is 422 g/mol. The average Bonchev–Trinajstić information content (AvgIpc) is 3.14. The van der Waals surface area contributed by atoms with Crippen molar-refractivity contribution in [1.82, 2.24) is 9.97 Å². The fraction of sp³-hybridized carbons (Fsp3) is 0.130. The van der Waals surface area contributed by atoms with Crippen molar-refractivity contribution in [3.05, 3.63) is 88.4 Å². The largest absolute Gasteiger partial charge is 0.377 e. The second-order valence-electron chi connectivity index (χ2n) is 6.89. The van der Waals surface area contributed by atoms with Crippen LogP contribution in [-0.4, -0.2) is 29.8 Å². The molecule has 0 spiro atoms. The van der Waals surface area contributed by atoms with E-state index in [0.717, 1.165) is 32.5 Å². The number of anilines is 1. The Hall–Kier alpha value is -2.76. The lowest BCUT2D eigenvalue weighted by Gasteiger charge is -2.18. The molecule has 0 radical (unpaired) electrons. The molecular weight excluding hydrogens is 402 g/mol. The lowest BCUT2D eigenvalue weighted by Crippen LogP contribution is -2.11. The first-order valence-corrected chi connectivity index (χ1v) is 10.6. The van der Waals surface area contributed by atoms with Crippen LogP contribution in [0.1, 0.15) is 21.5 Å². The molecule has 1 aromatic heterocycles. The monoisotopic (exact) mass is 421 g/mol. The molecule has 3 aromatic carbocycles. The number of imidazole rings is 1. The van der Waals surface area contributed by atoms with Crippen molar-refractivity contribution in [3.63, 3.8) is 0 Å². The molecule has 0 saturated heterocycles. The van der Waals surface area contributed by atoms with Gasteiger partial charge in [0.1, 0.15) is 0 Å². The molecule has 0 aliphatic carbocycles. The zero-order valence-electron chi connectivity index (χ0n) is 16.1. The van der Waals surface area contributed by atoms with Gasteiger partial charge in [-0.1, -0.05) is 59.8 Å². The first-order chi connectivity index (χ1) is 14.0. The van der Waals surface area contributed by atoms with E-state index in [9.17, 15) is 4.79 Å². The Morgan fingerprint density at radius 3 is 2.59 bits per heavy atom. The Morgan fingerprint density at radius 1 is 1.03 bits per heavy atom. The van der Waals surface area contributed by atoms with Crippen molar-refractivity contribution in [2.45, 2.75) is 10.9 Å². The lowest BCUT2D eigenvalue weighted by atomic mass is 10.0. The molecule has 0 aliphatic heterocycles. The smallest absolute Gasteiger partial charge is 0.193 e. The van der Waals surface area contributed by atoms with E-state index in [-0.39, 0.29) is 5.78 Å². The van der Waals surface area contributed by atoms with Crippen molar-refractivity contribution in [3.8, 4) is 0 Å². The van der Waals surface area contributed by atoms with Crippen LogP contribution in [0.3, 0.4) is 0 Å². The summed E-state index contributed by atoms with van der Waals surface area (Å²) in [6.45, 7) is 0. The van der Waals surface area contributed by atoms with Crippen molar-refractivity contribution in [1.29, 1.82) is 0 Å². The molecule has 4 rings (SSSR count). The van der Waals surface area contributed by atoms with Gasteiger partial charge in [0.25, 0.3) is 0 Å². The quantitative estimate of drug-likeness (QED) is 0.315. The lowest BCUT2D eigenvalue weighted by molar-refractivity contribution is 0.103. The van der Waals surface area contributed by atoms with Crippen molar-refractivity contribution in [2.75, 3.05) is 19.0 Å². The Morgan fingerprint density at radius 2 is 1.83 bits per heavy atom. The third-order valence-electron chi connectivity index (χ3n) is 4.69. The molecule has 0 amide bonds. The number of nitrogens with zero attached hydrogens (tertiary/aromatic N) is 2. The summed E-state index contributed by atoms with van der Waals surface area (Å²) in [7, 11) is 4.01. The predicted molar refractivity (Wildman–Crippen MR) is 121 cm³/mol. The summed E-state index contributed by atoms with van der Waals surface area (Å²) >= 11 is 8.02. The number of carbonyl (C=O) groups excluding carboxylic acids is 1. The minimum atomic E-state index is 0.00277. The van der Waals surface area contributed by atoms with E-state index < -0.39 is 0 Å². The highest BCUT2D eigenvalue weighted by Gasteiger charge is 2.13. The SMILES string of the molecule is CN(C)c1cccc(Cl)c1CSc1nc2ccc(C(=O)c3ccccc3)cc2[nH]1. The number of hydrogen-bond acceptors (Lipinski definition) is 4. The number of aromatic amines is 1. The predicted octanol–water partition coefficient (Wildman–Crippen LogP) is 5.81. The summed E-state index contributed by atoms with van der Waals surface area (Å²) in [5.74, 6) is 0.700. The zero-order valence-corrected chi connectivity index (χ0v) is 17.7. The van der Waals surface area contributed by atoms with E-state index >= 15 is 0 Å². The van der Waals surface area contributed by atoms with E-state index in [1.54, 1.807) is 11.8 Å². The van der Waals surface area contributed by atoms with E-state index in [4.69, 9.17) is 11.6 Å². The summed E-state index contributed by atoms with van der Waals surface area (Å²) in [5.41, 5.74) is 5.17. The number of thioether (sulfide) groups is 1. The van der Waals surface area contributed by atoms with Gasteiger partial charge in [0.2, 0.25) is 0 Å². The van der Waals surface area contributed by atoms with Crippen LogP contribution in [0.5, 0.6) is 0 Å². The first kappa shape index (κ1) is 19.6. The minimum absolute atomic E-state index is 0.00277. The van der Waals surface area contributed by atoms with Crippen LogP contribution >= 0.6 is 23.4 Å². The summed E-state index contributed by atoms with van der Waals surface area (Å²) in [5, 5.41) is 1.55. The second-order valence-corrected chi connectivity index (χ2v) is 8.26. The van der Waals surface area contributed by atoms with Crippen LogP contribution in [0.25, 0.3) is 11.0 Å². The van der Waals surface area contributed by atoms with Gasteiger partial charge in [-0.05, 0) is 30.3 Å². The third-order valence-corrected chi connectivity index (χ3v) is 5.94. The highest BCUT2D eigenvalue weighted by atomic mass is 35.5. The summed E-state index contributed by atoms with van der Waals surface area (Å²) in [4.78, 5) is 22.7. The van der Waals surface area contributed by atoms with E-state index in [1.807, 2.05) is 74.8 Å². The number of benzene rings is 3. The third kappa shape index (κ3) is 4.16. The summed E-state index contributed by atoms with van der Waals surface area (Å²) in [6, 6.07) is 20.8. The molecular formula is C23H20ClN3OS. The maximum atomic E-state index is 12.7.